The summed E-state index contributed by atoms with van der Waals surface area (Å²) in [7, 11) is 0. The Kier molecular flexibility index (Phi) is 5.93. The number of hydrogen-bond acceptors (Lipinski definition) is 6. The Hall–Kier alpha value is -1.60. The van der Waals surface area contributed by atoms with Gasteiger partial charge < -0.3 is 18.9 Å². The minimum atomic E-state index is -0.911. The van der Waals surface area contributed by atoms with Gasteiger partial charge >= 0.3 is 0 Å². The summed E-state index contributed by atoms with van der Waals surface area (Å²) in [4.78, 5) is 14.2. The molecule has 2 heterocycles. The number of carbonyl (C=O) groups is 1. The summed E-state index contributed by atoms with van der Waals surface area (Å²) in [6.45, 7) is 18.7. The lowest BCUT2D eigenvalue weighted by molar-refractivity contribution is -0.298. The lowest BCUT2D eigenvalue weighted by Gasteiger charge is -2.67. The molecule has 4 aliphatic rings. The molecule has 0 aromatic heterocycles. The molecule has 2 saturated carbocycles. The fourth-order valence-corrected chi connectivity index (χ4v) is 8.53. The Morgan fingerprint density at radius 2 is 1.75 bits per heavy atom. The van der Waals surface area contributed by atoms with Crippen molar-refractivity contribution in [2.45, 2.75) is 103 Å². The minimum absolute atomic E-state index is 0.00723. The maximum atomic E-state index is 14.2. The molecule has 0 unspecified atom stereocenters. The van der Waals surface area contributed by atoms with Crippen LogP contribution in [0.2, 0.25) is 0 Å². The van der Waals surface area contributed by atoms with Crippen LogP contribution in [0.4, 0.5) is 0 Å². The van der Waals surface area contributed by atoms with Gasteiger partial charge in [-0.15, -0.1) is 6.58 Å². The molecule has 0 N–H and O–H groups in total. The summed E-state index contributed by atoms with van der Waals surface area (Å²) in [5, 5.41) is 0.466. The Labute approximate surface area is 220 Å². The first-order chi connectivity index (χ1) is 16.7. The zero-order valence-electron chi connectivity index (χ0n) is 22.6. The van der Waals surface area contributed by atoms with Crippen LogP contribution in [0.3, 0.4) is 0 Å². The first-order valence-electron chi connectivity index (χ1n) is 13.1. The highest BCUT2D eigenvalue weighted by Gasteiger charge is 2.76. The van der Waals surface area contributed by atoms with Gasteiger partial charge in [0, 0.05) is 23.3 Å². The van der Waals surface area contributed by atoms with E-state index in [1.165, 1.54) is 0 Å². The maximum absolute atomic E-state index is 14.2. The molecule has 1 aromatic carbocycles. The van der Waals surface area contributed by atoms with Crippen molar-refractivity contribution in [3.8, 4) is 0 Å². The molecule has 4 fully saturated rings. The number of fused-ring (bicyclic) bond motifs is 6. The molecule has 5 nitrogen and oxygen atoms in total. The zero-order valence-corrected chi connectivity index (χ0v) is 23.4. The van der Waals surface area contributed by atoms with Crippen LogP contribution in [0.15, 0.2) is 43.0 Å². The molecule has 1 aromatic rings. The van der Waals surface area contributed by atoms with Crippen LogP contribution in [0.1, 0.15) is 73.3 Å². The van der Waals surface area contributed by atoms with Gasteiger partial charge in [0.2, 0.25) is 0 Å². The van der Waals surface area contributed by atoms with E-state index in [-0.39, 0.29) is 35.7 Å². The third-order valence-electron chi connectivity index (χ3n) is 9.47. The van der Waals surface area contributed by atoms with Crippen molar-refractivity contribution < 1.29 is 23.7 Å². The molecule has 36 heavy (non-hydrogen) atoms. The number of rotatable bonds is 3. The van der Waals surface area contributed by atoms with Crippen molar-refractivity contribution in [3.63, 3.8) is 0 Å². The summed E-state index contributed by atoms with van der Waals surface area (Å²) in [6, 6.07) is 9.82. The summed E-state index contributed by atoms with van der Waals surface area (Å²) in [5.74, 6) is -1.05. The molecule has 2 saturated heterocycles. The first kappa shape index (κ1) is 26.0. The van der Waals surface area contributed by atoms with Crippen LogP contribution in [0, 0.1) is 22.7 Å². The van der Waals surface area contributed by atoms with Crippen molar-refractivity contribution in [1.82, 2.24) is 0 Å². The summed E-state index contributed by atoms with van der Waals surface area (Å²) in [6.07, 6.45) is 2.85. The van der Waals surface area contributed by atoms with E-state index in [4.69, 9.17) is 31.2 Å². The van der Waals surface area contributed by atoms with Crippen molar-refractivity contribution in [1.29, 1.82) is 0 Å². The first-order valence-corrected chi connectivity index (χ1v) is 13.6. The molecule has 6 heteroatoms. The fraction of sp³-hybridized carbons (Fsp3) is 0.667. The van der Waals surface area contributed by atoms with E-state index in [1.807, 2.05) is 58.0 Å². The molecule has 196 valence electrons. The van der Waals surface area contributed by atoms with E-state index in [9.17, 15) is 4.79 Å². The number of thiocarbonyl (C=S) groups is 1. The smallest absolute Gasteiger partial charge is 0.191 e. The second-order valence-corrected chi connectivity index (χ2v) is 13.4. The van der Waals surface area contributed by atoms with Crippen LogP contribution in [-0.4, -0.2) is 46.1 Å². The lowest BCUT2D eigenvalue weighted by atomic mass is 9.41. The Morgan fingerprint density at radius 1 is 1.08 bits per heavy atom. The molecule has 0 spiro atoms. The van der Waals surface area contributed by atoms with Crippen molar-refractivity contribution >= 4 is 23.1 Å². The van der Waals surface area contributed by atoms with Crippen LogP contribution in [-0.2, 0) is 23.7 Å². The Balaban J connectivity index is 1.66. The largest absolute Gasteiger partial charge is 0.479 e. The molecule has 0 bridgehead atoms. The van der Waals surface area contributed by atoms with Crippen LogP contribution >= 0.6 is 12.2 Å². The van der Waals surface area contributed by atoms with Gasteiger partial charge in [-0.2, -0.15) is 0 Å². The third-order valence-corrected chi connectivity index (χ3v) is 9.80. The maximum Gasteiger partial charge on any atom is 0.191 e. The van der Waals surface area contributed by atoms with Gasteiger partial charge in [-0.1, -0.05) is 57.2 Å². The number of ether oxygens (including phenoxy) is 4. The molecule has 2 aliphatic heterocycles. The highest BCUT2D eigenvalue weighted by atomic mass is 32.1. The Bertz CT molecular complexity index is 1080. The predicted octanol–water partition coefficient (Wildman–Crippen LogP) is 6.03. The van der Waals surface area contributed by atoms with Crippen molar-refractivity contribution in [2.24, 2.45) is 22.7 Å². The van der Waals surface area contributed by atoms with Gasteiger partial charge in [0.15, 0.2) is 10.8 Å². The van der Waals surface area contributed by atoms with Gasteiger partial charge in [0.05, 0.1) is 17.6 Å². The second-order valence-electron chi connectivity index (χ2n) is 13.0. The average Bonchev–Trinajstić information content (AvgIpc) is 3.11. The predicted molar refractivity (Wildman–Crippen MR) is 143 cm³/mol. The standard InChI is InChI=1S/C30H40O5S/c1-9-28(6)17-19(31)22-29(7)20(32-25(36)18-13-11-10-12-14-18)15-16-26(2,3)23(29)21-24(30(22,8)35-28)34-27(4,5)33-21/h9-14,20-24H,1,15-17H2,2-8H3/t20-,21+,22-,23+,24+,28+,29-,30+/m1/s1. The fourth-order valence-electron chi connectivity index (χ4n) is 8.28. The summed E-state index contributed by atoms with van der Waals surface area (Å²) >= 11 is 5.78. The Morgan fingerprint density at radius 3 is 2.39 bits per heavy atom. The van der Waals surface area contributed by atoms with Crippen LogP contribution in [0.5, 0.6) is 0 Å². The average molecular weight is 513 g/mol. The molecular weight excluding hydrogens is 472 g/mol. The molecule has 5 rings (SSSR count). The van der Waals surface area contributed by atoms with E-state index in [2.05, 4.69) is 27.4 Å². The molecule has 0 amide bonds. The molecule has 0 radical (unpaired) electrons. The third kappa shape index (κ3) is 3.74. The number of benzene rings is 1. The summed E-state index contributed by atoms with van der Waals surface area (Å²) < 4.78 is 26.8. The van der Waals surface area contributed by atoms with Gasteiger partial charge in [0.1, 0.15) is 23.6 Å². The van der Waals surface area contributed by atoms with E-state index < -0.39 is 34.4 Å². The quantitative estimate of drug-likeness (QED) is 0.364. The number of Topliss-reactive ketones (excluding diaryl/α,β-unsaturated/α-hetero) is 1. The van der Waals surface area contributed by atoms with E-state index >= 15 is 0 Å². The lowest BCUT2D eigenvalue weighted by Crippen LogP contribution is -2.77. The summed E-state index contributed by atoms with van der Waals surface area (Å²) in [5.41, 5.74) is -1.49. The van der Waals surface area contributed by atoms with Gasteiger partial charge in [0.25, 0.3) is 0 Å². The molecular formula is C30H40O5S. The molecule has 8 atom stereocenters. The van der Waals surface area contributed by atoms with Crippen LogP contribution in [0.25, 0.3) is 0 Å². The molecule has 2 aliphatic carbocycles. The topological polar surface area (TPSA) is 54.0 Å². The van der Waals surface area contributed by atoms with Crippen molar-refractivity contribution in [2.75, 3.05) is 0 Å². The van der Waals surface area contributed by atoms with E-state index in [0.29, 0.717) is 5.05 Å². The highest BCUT2D eigenvalue weighted by molar-refractivity contribution is 7.80. The van der Waals surface area contributed by atoms with Gasteiger partial charge in [-0.05, 0) is 58.2 Å². The number of carbonyl (C=O) groups excluding carboxylic acids is 1. The van der Waals surface area contributed by atoms with Crippen molar-refractivity contribution in [3.05, 3.63) is 48.6 Å². The highest BCUT2D eigenvalue weighted by Crippen LogP contribution is 2.68. The van der Waals surface area contributed by atoms with Gasteiger partial charge in [-0.3, -0.25) is 4.79 Å². The number of hydrogen-bond donors (Lipinski definition) is 0. The van der Waals surface area contributed by atoms with E-state index in [1.54, 1.807) is 6.08 Å². The monoisotopic (exact) mass is 512 g/mol. The van der Waals surface area contributed by atoms with E-state index in [0.717, 1.165) is 18.4 Å². The SMILES string of the molecule is C=C[C@@]1(C)CC(=O)[C@H]2[C@](C)(O1)[C@H]1OC(C)(C)O[C@H]1[C@H]1C(C)(C)CC[C@@H](OC(=S)c3ccccc3)[C@@]12C. The second kappa shape index (κ2) is 8.20. The zero-order chi connectivity index (χ0) is 26.3. The van der Waals surface area contributed by atoms with Gasteiger partial charge in [-0.25, -0.2) is 0 Å². The normalized spacial score (nSPS) is 44.6. The number of ketones is 1. The van der Waals surface area contributed by atoms with Crippen LogP contribution < -0.4 is 0 Å². The minimum Gasteiger partial charge on any atom is -0.479 e.